The molecule has 1 aromatic rings. The molecule has 0 aliphatic carbocycles. The molecule has 1 N–H and O–H groups in total. The molecule has 1 unspecified atom stereocenters. The minimum Gasteiger partial charge on any atom is -0.490 e. The number of nitro benzene ring substituents is 1. The van der Waals surface area contributed by atoms with Crippen molar-refractivity contribution in [3.63, 3.8) is 0 Å². The van der Waals surface area contributed by atoms with Crippen molar-refractivity contribution in [2.75, 3.05) is 38.8 Å². The summed E-state index contributed by atoms with van der Waals surface area (Å²) in [5.74, 6) is -0.714. The van der Waals surface area contributed by atoms with E-state index in [2.05, 4.69) is 5.32 Å². The first-order valence-corrected chi connectivity index (χ1v) is 6.07. The van der Waals surface area contributed by atoms with Gasteiger partial charge in [-0.2, -0.15) is 0 Å². The van der Waals surface area contributed by atoms with E-state index in [-0.39, 0.29) is 17.5 Å². The van der Waals surface area contributed by atoms with Crippen LogP contribution in [0.25, 0.3) is 0 Å². The molecule has 1 aliphatic heterocycles. The molecule has 1 heterocycles. The molecule has 0 bridgehead atoms. The van der Waals surface area contributed by atoms with Gasteiger partial charge in [0.15, 0.2) is 11.6 Å². The summed E-state index contributed by atoms with van der Waals surface area (Å²) in [6.07, 6.45) is -0.177. The zero-order valence-electron chi connectivity index (χ0n) is 10.9. The SMILES string of the molecule is COc1cc(NCC2COCCO2)c(F)cc1[N+](=O)[O-]. The van der Waals surface area contributed by atoms with Crippen LogP contribution in [-0.2, 0) is 9.47 Å². The fraction of sp³-hybridized carbons (Fsp3) is 0.500. The maximum absolute atomic E-state index is 13.8. The van der Waals surface area contributed by atoms with Gasteiger partial charge in [-0.1, -0.05) is 0 Å². The summed E-state index contributed by atoms with van der Waals surface area (Å²) in [5.41, 5.74) is -0.283. The molecular weight excluding hydrogens is 271 g/mol. The molecule has 1 aromatic carbocycles. The zero-order chi connectivity index (χ0) is 14.5. The predicted molar refractivity (Wildman–Crippen MR) is 68.7 cm³/mol. The molecule has 8 heteroatoms. The molecule has 7 nitrogen and oxygen atoms in total. The van der Waals surface area contributed by atoms with Crippen molar-refractivity contribution in [1.82, 2.24) is 0 Å². The number of nitrogens with one attached hydrogen (secondary N) is 1. The van der Waals surface area contributed by atoms with Gasteiger partial charge in [0.1, 0.15) is 0 Å². The van der Waals surface area contributed by atoms with Crippen LogP contribution in [0.4, 0.5) is 15.8 Å². The molecule has 1 fully saturated rings. The number of benzene rings is 1. The Kier molecular flexibility index (Phi) is 4.70. The van der Waals surface area contributed by atoms with Gasteiger partial charge in [0.25, 0.3) is 0 Å². The molecule has 0 spiro atoms. The van der Waals surface area contributed by atoms with Gasteiger partial charge in [0, 0.05) is 12.6 Å². The number of hydrogen-bond donors (Lipinski definition) is 1. The topological polar surface area (TPSA) is 82.9 Å². The molecule has 0 radical (unpaired) electrons. The second-order valence-electron chi connectivity index (χ2n) is 4.21. The van der Waals surface area contributed by atoms with Crippen molar-refractivity contribution in [2.24, 2.45) is 0 Å². The first-order valence-electron chi connectivity index (χ1n) is 6.07. The van der Waals surface area contributed by atoms with Crippen molar-refractivity contribution in [3.05, 3.63) is 28.1 Å². The second-order valence-corrected chi connectivity index (χ2v) is 4.21. The third-order valence-electron chi connectivity index (χ3n) is 2.87. The maximum atomic E-state index is 13.8. The Labute approximate surface area is 114 Å². The second kappa shape index (κ2) is 6.49. The molecule has 1 atom stereocenters. The summed E-state index contributed by atoms with van der Waals surface area (Å²) in [7, 11) is 1.29. The molecule has 1 saturated heterocycles. The normalized spacial score (nSPS) is 18.6. The number of nitrogens with zero attached hydrogens (tertiary/aromatic N) is 1. The largest absolute Gasteiger partial charge is 0.490 e. The molecule has 1 aliphatic rings. The smallest absolute Gasteiger partial charge is 0.313 e. The molecule has 0 aromatic heterocycles. The van der Waals surface area contributed by atoms with Crippen LogP contribution in [0.5, 0.6) is 5.75 Å². The van der Waals surface area contributed by atoms with E-state index >= 15 is 0 Å². The maximum Gasteiger partial charge on any atom is 0.313 e. The van der Waals surface area contributed by atoms with E-state index in [1.165, 1.54) is 13.2 Å². The van der Waals surface area contributed by atoms with Crippen molar-refractivity contribution < 1.29 is 23.5 Å². The molecule has 20 heavy (non-hydrogen) atoms. The first kappa shape index (κ1) is 14.5. The van der Waals surface area contributed by atoms with Crippen molar-refractivity contribution in [2.45, 2.75) is 6.10 Å². The molecule has 0 saturated carbocycles. The third kappa shape index (κ3) is 3.34. The lowest BCUT2D eigenvalue weighted by Gasteiger charge is -2.23. The van der Waals surface area contributed by atoms with E-state index in [1.54, 1.807) is 0 Å². The van der Waals surface area contributed by atoms with Gasteiger partial charge < -0.3 is 19.5 Å². The number of ether oxygens (including phenoxy) is 3. The van der Waals surface area contributed by atoms with Crippen LogP contribution in [0.2, 0.25) is 0 Å². The number of methoxy groups -OCH3 is 1. The Bertz CT molecular complexity index is 491. The Morgan fingerprint density at radius 2 is 2.35 bits per heavy atom. The minimum absolute atomic E-state index is 0.000266. The van der Waals surface area contributed by atoms with Crippen LogP contribution in [0, 0.1) is 15.9 Å². The predicted octanol–water partition coefficient (Wildman–Crippen LogP) is 1.57. The summed E-state index contributed by atoms with van der Waals surface area (Å²) in [5, 5.41) is 13.6. The highest BCUT2D eigenvalue weighted by Crippen LogP contribution is 2.32. The molecule has 2 rings (SSSR count). The lowest BCUT2D eigenvalue weighted by atomic mass is 10.2. The van der Waals surface area contributed by atoms with Gasteiger partial charge >= 0.3 is 5.69 Å². The van der Waals surface area contributed by atoms with Crippen LogP contribution in [0.1, 0.15) is 0 Å². The summed E-state index contributed by atoms with van der Waals surface area (Å²) >= 11 is 0. The fourth-order valence-electron chi connectivity index (χ4n) is 1.86. The number of anilines is 1. The van der Waals surface area contributed by atoms with E-state index in [0.717, 1.165) is 6.07 Å². The van der Waals surface area contributed by atoms with Gasteiger partial charge in [0.2, 0.25) is 0 Å². The van der Waals surface area contributed by atoms with Gasteiger partial charge in [-0.3, -0.25) is 10.1 Å². The Morgan fingerprint density at radius 1 is 1.55 bits per heavy atom. The van der Waals surface area contributed by atoms with Crippen LogP contribution in [-0.4, -0.2) is 44.5 Å². The van der Waals surface area contributed by atoms with Crippen LogP contribution in [0.3, 0.4) is 0 Å². The zero-order valence-corrected chi connectivity index (χ0v) is 10.9. The van der Waals surface area contributed by atoms with Crippen LogP contribution in [0.15, 0.2) is 12.1 Å². The minimum atomic E-state index is -0.714. The van der Waals surface area contributed by atoms with E-state index in [9.17, 15) is 14.5 Å². The first-order chi connectivity index (χ1) is 9.61. The molecular formula is C12H15FN2O5. The average Bonchev–Trinajstić information content (AvgIpc) is 2.46. The highest BCUT2D eigenvalue weighted by atomic mass is 19.1. The van der Waals surface area contributed by atoms with Gasteiger partial charge in [-0.15, -0.1) is 0 Å². The van der Waals surface area contributed by atoms with E-state index < -0.39 is 16.4 Å². The summed E-state index contributed by atoms with van der Waals surface area (Å²) in [6, 6.07) is 2.09. The average molecular weight is 286 g/mol. The molecule has 0 amide bonds. The van der Waals surface area contributed by atoms with Crippen molar-refractivity contribution in [1.29, 1.82) is 0 Å². The highest BCUT2D eigenvalue weighted by Gasteiger charge is 2.20. The van der Waals surface area contributed by atoms with Crippen LogP contribution >= 0.6 is 0 Å². The Balaban J connectivity index is 2.09. The van der Waals surface area contributed by atoms with Gasteiger partial charge in [-0.05, 0) is 0 Å². The number of rotatable bonds is 5. The number of halogens is 1. The standard InChI is InChI=1S/C12H15FN2O5/c1-18-12-5-10(9(13)4-11(12)15(16)17)14-6-8-7-19-2-3-20-8/h4-5,8,14H,2-3,6-7H2,1H3. The summed E-state index contributed by atoms with van der Waals surface area (Å²) in [4.78, 5) is 10.1. The Hall–Kier alpha value is -1.93. The van der Waals surface area contributed by atoms with E-state index in [1.807, 2.05) is 0 Å². The quantitative estimate of drug-likeness (QED) is 0.653. The number of hydrogen-bond acceptors (Lipinski definition) is 6. The van der Waals surface area contributed by atoms with Crippen LogP contribution < -0.4 is 10.1 Å². The lowest BCUT2D eigenvalue weighted by Crippen LogP contribution is -2.34. The number of nitro groups is 1. The van der Waals surface area contributed by atoms with E-state index in [0.29, 0.717) is 26.4 Å². The summed E-state index contributed by atoms with van der Waals surface area (Å²) in [6.45, 7) is 1.82. The third-order valence-corrected chi connectivity index (χ3v) is 2.87. The Morgan fingerprint density at radius 3 is 2.95 bits per heavy atom. The summed E-state index contributed by atoms with van der Waals surface area (Å²) < 4.78 is 29.3. The van der Waals surface area contributed by atoms with E-state index in [4.69, 9.17) is 14.2 Å². The molecule has 110 valence electrons. The monoisotopic (exact) mass is 286 g/mol. The van der Waals surface area contributed by atoms with Gasteiger partial charge in [-0.25, -0.2) is 4.39 Å². The highest BCUT2D eigenvalue weighted by molar-refractivity contribution is 5.59. The fourth-order valence-corrected chi connectivity index (χ4v) is 1.86. The van der Waals surface area contributed by atoms with Gasteiger partial charge in [0.05, 0.1) is 49.7 Å². The van der Waals surface area contributed by atoms with Crippen molar-refractivity contribution in [3.8, 4) is 5.75 Å². The lowest BCUT2D eigenvalue weighted by molar-refractivity contribution is -0.385. The van der Waals surface area contributed by atoms with Crippen molar-refractivity contribution >= 4 is 11.4 Å².